The summed E-state index contributed by atoms with van der Waals surface area (Å²) in [5.74, 6) is 0.856. The van der Waals surface area contributed by atoms with Crippen LogP contribution in [0.5, 0.6) is 0 Å². The summed E-state index contributed by atoms with van der Waals surface area (Å²) in [7, 11) is 0. The van der Waals surface area contributed by atoms with Crippen LogP contribution in [0.15, 0.2) is 12.4 Å². The Morgan fingerprint density at radius 1 is 0.818 bits per heavy atom. The summed E-state index contributed by atoms with van der Waals surface area (Å²) < 4.78 is 0. The first kappa shape index (κ1) is 18.9. The van der Waals surface area contributed by atoms with E-state index in [9.17, 15) is 0 Å². The van der Waals surface area contributed by atoms with Crippen LogP contribution in [0.3, 0.4) is 0 Å². The summed E-state index contributed by atoms with van der Waals surface area (Å²) in [6, 6.07) is 0. The molecule has 0 aromatic carbocycles. The normalized spacial score (nSPS) is 11.5. The lowest BCUT2D eigenvalue weighted by atomic mass is 10.0. The monoisotopic (exact) mass is 305 g/mol. The van der Waals surface area contributed by atoms with Gasteiger partial charge >= 0.3 is 0 Å². The van der Waals surface area contributed by atoms with Crippen LogP contribution in [0.25, 0.3) is 6.08 Å². The number of aromatic amines is 1. The average molecular weight is 306 g/mol. The van der Waals surface area contributed by atoms with Crippen LogP contribution in [0.1, 0.15) is 103 Å². The maximum atomic E-state index is 4.07. The molecule has 22 heavy (non-hydrogen) atoms. The van der Waals surface area contributed by atoms with Crippen molar-refractivity contribution in [3.8, 4) is 0 Å². The van der Waals surface area contributed by atoms with E-state index in [-0.39, 0.29) is 0 Å². The van der Waals surface area contributed by atoms with Gasteiger partial charge in [-0.05, 0) is 18.9 Å². The first-order chi connectivity index (χ1) is 10.9. The lowest BCUT2D eigenvalue weighted by Gasteiger charge is -2.02. The standard InChI is InChI=1S/C19H35N3/c1-2-3-4-5-6-7-8-9-10-11-12-13-14-15-16-17-19-20-18-21-22-19/h16-18H,2-15H2,1H3,(H,20,21,22). The van der Waals surface area contributed by atoms with Gasteiger partial charge in [-0.15, -0.1) is 0 Å². The number of nitrogens with zero attached hydrogens (tertiary/aromatic N) is 2. The SMILES string of the molecule is CCCCCCCCCCCCCCCC=Cc1ncn[nH]1. The van der Waals surface area contributed by atoms with Crippen molar-refractivity contribution in [3.05, 3.63) is 18.2 Å². The van der Waals surface area contributed by atoms with Gasteiger partial charge in [-0.25, -0.2) is 4.98 Å². The average Bonchev–Trinajstić information content (AvgIpc) is 3.04. The zero-order valence-corrected chi connectivity index (χ0v) is 14.5. The molecule has 0 aliphatic heterocycles. The van der Waals surface area contributed by atoms with Crippen molar-refractivity contribution in [2.75, 3.05) is 0 Å². The lowest BCUT2D eigenvalue weighted by molar-refractivity contribution is 0.540. The van der Waals surface area contributed by atoms with Crippen molar-refractivity contribution in [2.24, 2.45) is 0 Å². The van der Waals surface area contributed by atoms with Crippen molar-refractivity contribution >= 4 is 6.08 Å². The molecule has 1 N–H and O–H groups in total. The first-order valence-corrected chi connectivity index (χ1v) is 9.45. The Morgan fingerprint density at radius 3 is 1.86 bits per heavy atom. The Morgan fingerprint density at radius 2 is 1.36 bits per heavy atom. The van der Waals surface area contributed by atoms with E-state index in [0.717, 1.165) is 12.2 Å². The van der Waals surface area contributed by atoms with Crippen LogP contribution in [-0.2, 0) is 0 Å². The molecule has 3 heteroatoms. The molecule has 0 spiro atoms. The molecule has 0 atom stereocenters. The Kier molecular flexibility index (Phi) is 12.7. The minimum absolute atomic E-state index is 0.856. The van der Waals surface area contributed by atoms with E-state index in [2.05, 4.69) is 28.2 Å². The topological polar surface area (TPSA) is 41.6 Å². The minimum Gasteiger partial charge on any atom is -0.260 e. The molecule has 0 radical (unpaired) electrons. The number of hydrogen-bond acceptors (Lipinski definition) is 2. The van der Waals surface area contributed by atoms with Crippen LogP contribution < -0.4 is 0 Å². The number of hydrogen-bond donors (Lipinski definition) is 1. The van der Waals surface area contributed by atoms with Crippen LogP contribution in [0.4, 0.5) is 0 Å². The molecule has 0 saturated heterocycles. The third-order valence-electron chi connectivity index (χ3n) is 4.18. The van der Waals surface area contributed by atoms with E-state index in [1.807, 2.05) is 6.08 Å². The third kappa shape index (κ3) is 11.5. The van der Waals surface area contributed by atoms with Crippen LogP contribution in [0, 0.1) is 0 Å². The summed E-state index contributed by atoms with van der Waals surface area (Å²) in [5, 5.41) is 6.66. The van der Waals surface area contributed by atoms with Crippen LogP contribution in [-0.4, -0.2) is 15.2 Å². The molecule has 0 aliphatic rings. The Bertz CT molecular complexity index is 344. The minimum atomic E-state index is 0.856. The molecule has 0 unspecified atom stereocenters. The fourth-order valence-corrected chi connectivity index (χ4v) is 2.77. The lowest BCUT2D eigenvalue weighted by Crippen LogP contribution is -1.82. The molecule has 1 aromatic heterocycles. The van der Waals surface area contributed by atoms with Crippen molar-refractivity contribution in [3.63, 3.8) is 0 Å². The zero-order valence-electron chi connectivity index (χ0n) is 14.5. The molecule has 0 fully saturated rings. The van der Waals surface area contributed by atoms with Gasteiger partial charge in [0.15, 0.2) is 0 Å². The highest BCUT2D eigenvalue weighted by molar-refractivity contribution is 5.37. The second-order valence-corrected chi connectivity index (χ2v) is 6.30. The third-order valence-corrected chi connectivity index (χ3v) is 4.18. The molecular formula is C19H35N3. The van der Waals surface area contributed by atoms with Gasteiger partial charge in [-0.3, -0.25) is 5.10 Å². The van der Waals surface area contributed by atoms with Crippen LogP contribution >= 0.6 is 0 Å². The maximum absolute atomic E-state index is 4.07. The largest absolute Gasteiger partial charge is 0.260 e. The molecule has 1 rings (SSSR count). The van der Waals surface area contributed by atoms with E-state index in [0.29, 0.717) is 0 Å². The van der Waals surface area contributed by atoms with Gasteiger partial charge in [0.25, 0.3) is 0 Å². The highest BCUT2D eigenvalue weighted by Gasteiger charge is 1.93. The number of nitrogens with one attached hydrogen (secondary N) is 1. The van der Waals surface area contributed by atoms with Gasteiger partial charge in [0, 0.05) is 0 Å². The summed E-state index contributed by atoms with van der Waals surface area (Å²) >= 11 is 0. The van der Waals surface area contributed by atoms with E-state index < -0.39 is 0 Å². The quantitative estimate of drug-likeness (QED) is 0.386. The summed E-state index contributed by atoms with van der Waals surface area (Å²) in [6.07, 6.45) is 25.3. The number of aromatic nitrogens is 3. The molecule has 1 heterocycles. The van der Waals surface area contributed by atoms with Gasteiger partial charge in [-0.2, -0.15) is 5.10 Å². The van der Waals surface area contributed by atoms with Crippen molar-refractivity contribution in [1.82, 2.24) is 15.2 Å². The summed E-state index contributed by atoms with van der Waals surface area (Å²) in [6.45, 7) is 2.28. The van der Waals surface area contributed by atoms with Crippen molar-refractivity contribution in [1.29, 1.82) is 0 Å². The highest BCUT2D eigenvalue weighted by atomic mass is 15.2. The molecule has 0 aliphatic carbocycles. The molecule has 1 aromatic rings. The molecule has 0 saturated carbocycles. The number of unbranched alkanes of at least 4 members (excludes halogenated alkanes) is 13. The van der Waals surface area contributed by atoms with E-state index in [4.69, 9.17) is 0 Å². The fraction of sp³-hybridized carbons (Fsp3) is 0.789. The number of allylic oxidation sites excluding steroid dienone is 1. The molecule has 0 amide bonds. The fourth-order valence-electron chi connectivity index (χ4n) is 2.77. The highest BCUT2D eigenvalue weighted by Crippen LogP contribution is 2.13. The van der Waals surface area contributed by atoms with E-state index in [1.54, 1.807) is 6.33 Å². The molecular weight excluding hydrogens is 270 g/mol. The Labute approximate surface area is 137 Å². The molecule has 0 bridgehead atoms. The number of rotatable bonds is 15. The second-order valence-electron chi connectivity index (χ2n) is 6.30. The Hall–Kier alpha value is -1.12. The summed E-state index contributed by atoms with van der Waals surface area (Å²) in [5.41, 5.74) is 0. The maximum Gasteiger partial charge on any atom is 0.147 e. The van der Waals surface area contributed by atoms with Gasteiger partial charge in [0.2, 0.25) is 0 Å². The molecule has 3 nitrogen and oxygen atoms in total. The summed E-state index contributed by atoms with van der Waals surface area (Å²) in [4.78, 5) is 4.07. The molecule has 126 valence electrons. The Balaban J connectivity index is 1.73. The van der Waals surface area contributed by atoms with Gasteiger partial charge in [0.05, 0.1) is 0 Å². The van der Waals surface area contributed by atoms with E-state index >= 15 is 0 Å². The zero-order chi connectivity index (χ0) is 15.7. The predicted molar refractivity (Wildman–Crippen MR) is 95.7 cm³/mol. The first-order valence-electron chi connectivity index (χ1n) is 9.45. The van der Waals surface area contributed by atoms with Gasteiger partial charge in [-0.1, -0.05) is 90.0 Å². The van der Waals surface area contributed by atoms with Gasteiger partial charge < -0.3 is 0 Å². The van der Waals surface area contributed by atoms with Crippen molar-refractivity contribution < 1.29 is 0 Å². The van der Waals surface area contributed by atoms with Crippen LogP contribution in [0.2, 0.25) is 0 Å². The van der Waals surface area contributed by atoms with Crippen molar-refractivity contribution in [2.45, 2.75) is 96.8 Å². The number of H-pyrrole nitrogens is 1. The second kappa shape index (κ2) is 14.8. The smallest absolute Gasteiger partial charge is 0.147 e. The predicted octanol–water partition coefficient (Wildman–Crippen LogP) is 6.30. The van der Waals surface area contributed by atoms with E-state index in [1.165, 1.54) is 83.5 Å². The van der Waals surface area contributed by atoms with Gasteiger partial charge in [0.1, 0.15) is 12.2 Å².